The molecule has 0 radical (unpaired) electrons. The Morgan fingerprint density at radius 2 is 1.77 bits per heavy atom. The van der Waals surface area contributed by atoms with E-state index in [9.17, 15) is 18.0 Å². The molecular weight excluding hydrogens is 345 g/mol. The van der Waals surface area contributed by atoms with Crippen LogP contribution in [0.3, 0.4) is 0 Å². The van der Waals surface area contributed by atoms with Crippen molar-refractivity contribution in [3.8, 4) is 5.75 Å². The molecule has 0 bridgehead atoms. The Balaban J connectivity index is 1.96. The van der Waals surface area contributed by atoms with Gasteiger partial charge in [0.15, 0.2) is 6.61 Å². The summed E-state index contributed by atoms with van der Waals surface area (Å²) in [7, 11) is 0. The summed E-state index contributed by atoms with van der Waals surface area (Å²) in [5.74, 6) is 0.161. The smallest absolute Gasteiger partial charge is 0.422 e. The van der Waals surface area contributed by atoms with Crippen molar-refractivity contribution < 1.29 is 22.7 Å². The third-order valence-electron chi connectivity index (χ3n) is 3.79. The number of ether oxygens (including phenoxy) is 1. The molecule has 0 saturated carbocycles. The molecule has 1 atom stereocenters. The second-order valence-corrected chi connectivity index (χ2v) is 6.29. The maximum atomic E-state index is 12.3. The summed E-state index contributed by atoms with van der Waals surface area (Å²) in [5, 5.41) is 2.81. The van der Waals surface area contributed by atoms with Gasteiger partial charge >= 0.3 is 6.18 Å². The lowest BCUT2D eigenvalue weighted by Gasteiger charge is -2.15. The summed E-state index contributed by atoms with van der Waals surface area (Å²) in [6, 6.07) is 9.87. The summed E-state index contributed by atoms with van der Waals surface area (Å²) in [6.07, 6.45) is -3.19. The van der Waals surface area contributed by atoms with Crippen LogP contribution in [0.4, 0.5) is 13.2 Å². The Kier molecular flexibility index (Phi) is 6.23. The molecule has 1 amide bonds. The van der Waals surface area contributed by atoms with E-state index in [1.54, 1.807) is 19.1 Å². The van der Waals surface area contributed by atoms with Crippen LogP contribution in [-0.4, -0.2) is 23.7 Å². The number of aromatic nitrogens is 1. The van der Waals surface area contributed by atoms with Crippen LogP contribution in [0.2, 0.25) is 0 Å². The highest BCUT2D eigenvalue weighted by Crippen LogP contribution is 2.20. The number of carbonyl (C=O) groups is 1. The molecule has 0 fully saturated rings. The van der Waals surface area contributed by atoms with Gasteiger partial charge in [-0.05, 0) is 42.7 Å². The topological polar surface area (TPSA) is 51.2 Å². The number of pyridine rings is 1. The molecule has 0 aliphatic rings. The third kappa shape index (κ3) is 5.75. The van der Waals surface area contributed by atoms with Crippen LogP contribution in [0.5, 0.6) is 5.75 Å². The Labute approximate surface area is 150 Å². The van der Waals surface area contributed by atoms with Crippen molar-refractivity contribution in [2.75, 3.05) is 6.61 Å². The van der Waals surface area contributed by atoms with Crippen molar-refractivity contribution in [3.05, 3.63) is 59.4 Å². The molecule has 0 aliphatic heterocycles. The second-order valence-electron chi connectivity index (χ2n) is 6.29. The molecule has 1 aromatic heterocycles. The molecule has 1 heterocycles. The number of carbonyl (C=O) groups excluding carboxylic acids is 1. The standard InChI is InChI=1S/C19H21F3N2O2/c1-12(2)14-4-6-15(7-5-14)18(25)24-13(3)17-9-8-16(10-23-17)26-11-19(20,21)22/h4-10,12-13H,11H2,1-3H3,(H,24,25)/t13-/m0/s1. The van der Waals surface area contributed by atoms with E-state index in [0.29, 0.717) is 17.2 Å². The average molecular weight is 366 g/mol. The molecule has 1 N–H and O–H groups in total. The number of hydrogen-bond donors (Lipinski definition) is 1. The minimum Gasteiger partial charge on any atom is -0.483 e. The first-order valence-corrected chi connectivity index (χ1v) is 8.22. The van der Waals surface area contributed by atoms with Gasteiger partial charge in [0.2, 0.25) is 0 Å². The summed E-state index contributed by atoms with van der Waals surface area (Å²) < 4.78 is 41.0. The first-order valence-electron chi connectivity index (χ1n) is 8.22. The van der Waals surface area contributed by atoms with E-state index in [1.165, 1.54) is 18.3 Å². The second kappa shape index (κ2) is 8.21. The van der Waals surface area contributed by atoms with Crippen LogP contribution in [0, 0.1) is 0 Å². The SMILES string of the molecule is CC(C)c1ccc(C(=O)N[C@@H](C)c2ccc(OCC(F)(F)F)cn2)cc1. The van der Waals surface area contributed by atoms with E-state index in [0.717, 1.165) is 5.56 Å². The van der Waals surface area contributed by atoms with E-state index >= 15 is 0 Å². The fourth-order valence-corrected chi connectivity index (χ4v) is 2.27. The molecular formula is C19H21F3N2O2. The highest BCUT2D eigenvalue weighted by Gasteiger charge is 2.28. The summed E-state index contributed by atoms with van der Waals surface area (Å²) >= 11 is 0. The van der Waals surface area contributed by atoms with Gasteiger partial charge in [0, 0.05) is 5.56 Å². The van der Waals surface area contributed by atoms with Gasteiger partial charge in [0.25, 0.3) is 5.91 Å². The summed E-state index contributed by atoms with van der Waals surface area (Å²) in [6.45, 7) is 4.53. The fraction of sp³-hybridized carbons (Fsp3) is 0.368. The Morgan fingerprint density at radius 1 is 1.12 bits per heavy atom. The Morgan fingerprint density at radius 3 is 2.27 bits per heavy atom. The van der Waals surface area contributed by atoms with Crippen molar-refractivity contribution >= 4 is 5.91 Å². The normalized spacial score (nSPS) is 12.7. The Hall–Kier alpha value is -2.57. The lowest BCUT2D eigenvalue weighted by atomic mass is 10.0. The molecule has 1 aromatic carbocycles. The van der Waals surface area contributed by atoms with Crippen LogP contribution >= 0.6 is 0 Å². The van der Waals surface area contributed by atoms with Gasteiger partial charge in [0.1, 0.15) is 5.75 Å². The number of hydrogen-bond acceptors (Lipinski definition) is 3. The maximum Gasteiger partial charge on any atom is 0.422 e. The monoisotopic (exact) mass is 366 g/mol. The molecule has 7 heteroatoms. The first kappa shape index (κ1) is 19.8. The van der Waals surface area contributed by atoms with Crippen molar-refractivity contribution in [1.29, 1.82) is 0 Å². The predicted molar refractivity (Wildman–Crippen MR) is 92.2 cm³/mol. The molecule has 140 valence electrons. The zero-order chi connectivity index (χ0) is 19.3. The van der Waals surface area contributed by atoms with Gasteiger partial charge in [-0.15, -0.1) is 0 Å². The van der Waals surface area contributed by atoms with Gasteiger partial charge in [0.05, 0.1) is 17.9 Å². The summed E-state index contributed by atoms with van der Waals surface area (Å²) in [4.78, 5) is 16.4. The van der Waals surface area contributed by atoms with Gasteiger partial charge in [-0.1, -0.05) is 26.0 Å². The number of benzene rings is 1. The number of nitrogens with one attached hydrogen (secondary N) is 1. The fourth-order valence-electron chi connectivity index (χ4n) is 2.27. The molecule has 0 unspecified atom stereocenters. The minimum absolute atomic E-state index is 0.0221. The van der Waals surface area contributed by atoms with Crippen molar-refractivity contribution in [2.45, 2.75) is 38.9 Å². The van der Waals surface area contributed by atoms with Crippen LogP contribution in [0.1, 0.15) is 54.3 Å². The molecule has 2 aromatic rings. The molecule has 0 spiro atoms. The van der Waals surface area contributed by atoms with E-state index in [2.05, 4.69) is 28.9 Å². The Bertz CT molecular complexity index is 726. The van der Waals surface area contributed by atoms with E-state index in [4.69, 9.17) is 0 Å². The van der Waals surface area contributed by atoms with Crippen LogP contribution in [0.25, 0.3) is 0 Å². The zero-order valence-corrected chi connectivity index (χ0v) is 14.8. The molecule has 26 heavy (non-hydrogen) atoms. The van der Waals surface area contributed by atoms with Crippen LogP contribution < -0.4 is 10.1 Å². The number of amides is 1. The quantitative estimate of drug-likeness (QED) is 0.810. The molecule has 2 rings (SSSR count). The summed E-state index contributed by atoms with van der Waals surface area (Å²) in [5.41, 5.74) is 2.20. The first-order chi connectivity index (χ1) is 12.2. The van der Waals surface area contributed by atoms with E-state index in [-0.39, 0.29) is 11.7 Å². The lowest BCUT2D eigenvalue weighted by molar-refractivity contribution is -0.153. The van der Waals surface area contributed by atoms with Gasteiger partial charge in [-0.25, -0.2) is 0 Å². The van der Waals surface area contributed by atoms with Gasteiger partial charge < -0.3 is 10.1 Å². The van der Waals surface area contributed by atoms with Crippen molar-refractivity contribution in [3.63, 3.8) is 0 Å². The van der Waals surface area contributed by atoms with Crippen LogP contribution in [-0.2, 0) is 0 Å². The number of halogens is 3. The number of alkyl halides is 3. The van der Waals surface area contributed by atoms with Crippen molar-refractivity contribution in [2.24, 2.45) is 0 Å². The highest BCUT2D eigenvalue weighted by atomic mass is 19.4. The average Bonchev–Trinajstić information content (AvgIpc) is 2.59. The minimum atomic E-state index is -4.40. The van der Waals surface area contributed by atoms with Gasteiger partial charge in [-0.3, -0.25) is 9.78 Å². The zero-order valence-electron chi connectivity index (χ0n) is 14.8. The van der Waals surface area contributed by atoms with Crippen molar-refractivity contribution in [1.82, 2.24) is 10.3 Å². The molecule has 0 aliphatic carbocycles. The van der Waals surface area contributed by atoms with E-state index < -0.39 is 18.8 Å². The lowest BCUT2D eigenvalue weighted by Crippen LogP contribution is -2.27. The number of rotatable bonds is 6. The van der Waals surface area contributed by atoms with Crippen LogP contribution in [0.15, 0.2) is 42.6 Å². The maximum absolute atomic E-state index is 12.3. The predicted octanol–water partition coefficient (Wildman–Crippen LogP) is 4.64. The largest absolute Gasteiger partial charge is 0.483 e. The molecule has 0 saturated heterocycles. The number of nitrogens with zero attached hydrogens (tertiary/aromatic N) is 1. The van der Waals surface area contributed by atoms with Gasteiger partial charge in [-0.2, -0.15) is 13.2 Å². The highest BCUT2D eigenvalue weighted by molar-refractivity contribution is 5.94. The third-order valence-corrected chi connectivity index (χ3v) is 3.79. The molecule has 4 nitrogen and oxygen atoms in total. The van der Waals surface area contributed by atoms with E-state index in [1.807, 2.05) is 12.1 Å².